The number of amides is 1. The number of nitrogens with zero attached hydrogens (tertiary/aromatic N) is 2. The molecule has 0 fully saturated rings. The summed E-state index contributed by atoms with van der Waals surface area (Å²) in [5, 5.41) is 3.86. The van der Waals surface area contributed by atoms with Crippen molar-refractivity contribution in [2.75, 3.05) is 6.61 Å². The van der Waals surface area contributed by atoms with Gasteiger partial charge in [0.05, 0.1) is 11.9 Å². The van der Waals surface area contributed by atoms with Gasteiger partial charge in [-0.25, -0.2) is 5.43 Å². The van der Waals surface area contributed by atoms with E-state index in [9.17, 15) is 4.79 Å². The monoisotopic (exact) mass is 297 g/mol. The average molecular weight is 297 g/mol. The molecule has 0 unspecified atom stereocenters. The predicted octanol–water partition coefficient (Wildman–Crippen LogP) is 2.54. The number of ether oxygens (including phenoxy) is 1. The molecule has 0 bridgehead atoms. The molecule has 0 saturated heterocycles. The molecule has 1 amide bonds. The lowest BCUT2D eigenvalue weighted by atomic mass is 10.1. The van der Waals surface area contributed by atoms with Crippen molar-refractivity contribution in [2.45, 2.75) is 20.8 Å². The largest absolute Gasteiger partial charge is 0.484 e. The number of benzene rings is 1. The predicted molar refractivity (Wildman–Crippen MR) is 86.1 cm³/mol. The number of hydrazone groups is 1. The maximum absolute atomic E-state index is 11.7. The molecule has 0 aliphatic heterocycles. The van der Waals surface area contributed by atoms with Gasteiger partial charge in [0, 0.05) is 5.69 Å². The second-order valence-corrected chi connectivity index (χ2v) is 5.03. The number of pyridine rings is 1. The van der Waals surface area contributed by atoms with Gasteiger partial charge in [-0.15, -0.1) is 0 Å². The number of aromatic nitrogens is 1. The van der Waals surface area contributed by atoms with E-state index in [0.29, 0.717) is 11.4 Å². The Morgan fingerprint density at radius 3 is 2.77 bits per heavy atom. The van der Waals surface area contributed by atoms with E-state index in [1.54, 1.807) is 0 Å². The summed E-state index contributed by atoms with van der Waals surface area (Å²) < 4.78 is 5.42. The first-order chi connectivity index (χ1) is 10.5. The minimum atomic E-state index is -0.317. The molecule has 1 aromatic carbocycles. The van der Waals surface area contributed by atoms with E-state index in [1.807, 2.05) is 57.2 Å². The molecule has 5 nitrogen and oxygen atoms in total. The fourth-order valence-electron chi connectivity index (χ4n) is 1.79. The van der Waals surface area contributed by atoms with Gasteiger partial charge in [0.15, 0.2) is 6.61 Å². The number of rotatable bonds is 5. The minimum absolute atomic E-state index is 0.0823. The zero-order chi connectivity index (χ0) is 15.9. The van der Waals surface area contributed by atoms with Crippen LogP contribution in [0.3, 0.4) is 0 Å². The quantitative estimate of drug-likeness (QED) is 0.681. The Morgan fingerprint density at radius 2 is 2.05 bits per heavy atom. The van der Waals surface area contributed by atoms with Crippen molar-refractivity contribution in [3.63, 3.8) is 0 Å². The van der Waals surface area contributed by atoms with Crippen molar-refractivity contribution >= 4 is 12.1 Å². The number of hydrogen-bond donors (Lipinski definition) is 1. The molecule has 0 atom stereocenters. The summed E-state index contributed by atoms with van der Waals surface area (Å²) in [7, 11) is 0. The summed E-state index contributed by atoms with van der Waals surface area (Å²) in [5.74, 6) is 0.352. The van der Waals surface area contributed by atoms with Crippen molar-refractivity contribution in [1.82, 2.24) is 10.4 Å². The lowest BCUT2D eigenvalue weighted by molar-refractivity contribution is -0.123. The fraction of sp³-hybridized carbons (Fsp3) is 0.235. The first-order valence-electron chi connectivity index (χ1n) is 7.00. The highest BCUT2D eigenvalue weighted by molar-refractivity contribution is 5.81. The molecule has 5 heteroatoms. The third-order valence-electron chi connectivity index (χ3n) is 3.14. The maximum Gasteiger partial charge on any atom is 0.277 e. The van der Waals surface area contributed by atoms with E-state index in [0.717, 1.165) is 11.3 Å². The first-order valence-corrected chi connectivity index (χ1v) is 7.00. The van der Waals surface area contributed by atoms with Crippen LogP contribution in [0.4, 0.5) is 0 Å². The molecular weight excluding hydrogens is 278 g/mol. The SMILES string of the molecule is Cc1cccc(/C=N\NC(=O)COc2ccc(C)c(C)c2)n1. The number of nitrogens with one attached hydrogen (secondary N) is 1. The summed E-state index contributed by atoms with van der Waals surface area (Å²) in [6.07, 6.45) is 1.50. The topological polar surface area (TPSA) is 63.6 Å². The fourth-order valence-corrected chi connectivity index (χ4v) is 1.79. The number of carbonyl (C=O) groups excluding carboxylic acids is 1. The van der Waals surface area contributed by atoms with Gasteiger partial charge in [-0.2, -0.15) is 5.10 Å². The van der Waals surface area contributed by atoms with Crippen molar-refractivity contribution in [3.05, 3.63) is 58.9 Å². The van der Waals surface area contributed by atoms with Crippen LogP contribution in [0.25, 0.3) is 0 Å². The second-order valence-electron chi connectivity index (χ2n) is 5.03. The Labute approximate surface area is 130 Å². The van der Waals surface area contributed by atoms with Crippen LogP contribution in [0.2, 0.25) is 0 Å². The molecule has 2 rings (SSSR count). The van der Waals surface area contributed by atoms with E-state index in [1.165, 1.54) is 11.8 Å². The lowest BCUT2D eigenvalue weighted by Crippen LogP contribution is -2.24. The minimum Gasteiger partial charge on any atom is -0.484 e. The summed E-state index contributed by atoms with van der Waals surface area (Å²) in [5.41, 5.74) is 6.31. The normalized spacial score (nSPS) is 10.7. The smallest absolute Gasteiger partial charge is 0.277 e. The zero-order valence-corrected chi connectivity index (χ0v) is 13.0. The third kappa shape index (κ3) is 4.70. The van der Waals surface area contributed by atoms with Gasteiger partial charge in [-0.05, 0) is 56.2 Å². The Bertz CT molecular complexity index is 696. The maximum atomic E-state index is 11.7. The highest BCUT2D eigenvalue weighted by atomic mass is 16.5. The van der Waals surface area contributed by atoms with E-state index in [4.69, 9.17) is 4.74 Å². The Kier molecular flexibility index (Phi) is 5.25. The summed E-state index contributed by atoms with van der Waals surface area (Å²) in [6.45, 7) is 5.84. The molecule has 22 heavy (non-hydrogen) atoms. The van der Waals surface area contributed by atoms with Crippen molar-refractivity contribution in [3.8, 4) is 5.75 Å². The van der Waals surface area contributed by atoms with Crippen molar-refractivity contribution in [2.24, 2.45) is 5.10 Å². The molecule has 1 aromatic heterocycles. The molecule has 2 aromatic rings. The first kappa shape index (κ1) is 15.7. The van der Waals surface area contributed by atoms with E-state index in [2.05, 4.69) is 15.5 Å². The Morgan fingerprint density at radius 1 is 1.23 bits per heavy atom. The lowest BCUT2D eigenvalue weighted by Gasteiger charge is -2.07. The van der Waals surface area contributed by atoms with Gasteiger partial charge < -0.3 is 4.74 Å². The summed E-state index contributed by atoms with van der Waals surface area (Å²) in [6, 6.07) is 11.3. The van der Waals surface area contributed by atoms with Crippen molar-refractivity contribution in [1.29, 1.82) is 0 Å². The molecule has 0 spiro atoms. The average Bonchev–Trinajstić information content (AvgIpc) is 2.48. The molecule has 0 aliphatic rings. The summed E-state index contributed by atoms with van der Waals surface area (Å²) in [4.78, 5) is 15.9. The van der Waals surface area contributed by atoms with Crippen LogP contribution in [-0.2, 0) is 4.79 Å². The standard InChI is InChI=1S/C17H19N3O2/c1-12-7-8-16(9-13(12)2)22-11-17(21)20-18-10-15-6-4-5-14(3)19-15/h4-10H,11H2,1-3H3,(H,20,21)/b18-10-. The van der Waals surface area contributed by atoms with Gasteiger partial charge >= 0.3 is 0 Å². The molecule has 1 heterocycles. The van der Waals surface area contributed by atoms with Crippen LogP contribution in [-0.4, -0.2) is 23.7 Å². The van der Waals surface area contributed by atoms with Crippen LogP contribution < -0.4 is 10.2 Å². The van der Waals surface area contributed by atoms with Crippen LogP contribution in [0.15, 0.2) is 41.5 Å². The van der Waals surface area contributed by atoms with Gasteiger partial charge in [0.1, 0.15) is 5.75 Å². The molecule has 114 valence electrons. The second kappa shape index (κ2) is 7.36. The molecule has 0 radical (unpaired) electrons. The summed E-state index contributed by atoms with van der Waals surface area (Å²) >= 11 is 0. The molecule has 1 N–H and O–H groups in total. The van der Waals surface area contributed by atoms with Gasteiger partial charge in [-0.1, -0.05) is 12.1 Å². The molecular formula is C17H19N3O2. The van der Waals surface area contributed by atoms with Crippen LogP contribution in [0.1, 0.15) is 22.5 Å². The van der Waals surface area contributed by atoms with Gasteiger partial charge in [-0.3, -0.25) is 9.78 Å². The van der Waals surface area contributed by atoms with Gasteiger partial charge in [0.2, 0.25) is 0 Å². The van der Waals surface area contributed by atoms with E-state index < -0.39 is 0 Å². The Hall–Kier alpha value is -2.69. The highest BCUT2D eigenvalue weighted by Gasteiger charge is 2.02. The molecule has 0 saturated carbocycles. The number of hydrogen-bond acceptors (Lipinski definition) is 4. The third-order valence-corrected chi connectivity index (χ3v) is 3.14. The number of aryl methyl sites for hydroxylation is 3. The highest BCUT2D eigenvalue weighted by Crippen LogP contribution is 2.16. The van der Waals surface area contributed by atoms with Crippen LogP contribution >= 0.6 is 0 Å². The van der Waals surface area contributed by atoms with Crippen LogP contribution in [0.5, 0.6) is 5.75 Å². The van der Waals surface area contributed by atoms with E-state index in [-0.39, 0.29) is 12.5 Å². The number of carbonyl (C=O) groups is 1. The van der Waals surface area contributed by atoms with E-state index >= 15 is 0 Å². The Balaban J connectivity index is 1.81. The van der Waals surface area contributed by atoms with Crippen molar-refractivity contribution < 1.29 is 9.53 Å². The zero-order valence-electron chi connectivity index (χ0n) is 13.0. The molecule has 0 aliphatic carbocycles. The van der Waals surface area contributed by atoms with Crippen LogP contribution in [0, 0.1) is 20.8 Å². The van der Waals surface area contributed by atoms with Gasteiger partial charge in [0.25, 0.3) is 5.91 Å².